The maximum Gasteiger partial charge on any atom is 0.191 e. The van der Waals surface area contributed by atoms with Crippen LogP contribution in [-0.2, 0) is 19.4 Å². The Morgan fingerprint density at radius 1 is 1.14 bits per heavy atom. The van der Waals surface area contributed by atoms with E-state index in [-0.39, 0.29) is 0 Å². The summed E-state index contributed by atoms with van der Waals surface area (Å²) >= 11 is 0. The molecule has 0 aliphatic carbocycles. The quantitative estimate of drug-likeness (QED) is 0.395. The van der Waals surface area contributed by atoms with Gasteiger partial charge in [-0.15, -0.1) is 10.2 Å². The van der Waals surface area contributed by atoms with Gasteiger partial charge in [-0.2, -0.15) is 0 Å². The van der Waals surface area contributed by atoms with E-state index in [2.05, 4.69) is 37.3 Å². The van der Waals surface area contributed by atoms with Gasteiger partial charge in [-0.25, -0.2) is 0 Å². The SMILES string of the molecule is CCNC(=NCCCOc1ccccc1)NCCc1nnc2n1CCCCC2. The summed E-state index contributed by atoms with van der Waals surface area (Å²) in [5, 5.41) is 15.5. The van der Waals surface area contributed by atoms with Crippen molar-refractivity contribution in [2.45, 2.75) is 52.0 Å². The lowest BCUT2D eigenvalue weighted by atomic mass is 10.2. The molecule has 1 aliphatic rings. The fourth-order valence-electron chi connectivity index (χ4n) is 3.33. The molecule has 0 saturated heterocycles. The van der Waals surface area contributed by atoms with Crippen molar-refractivity contribution in [2.24, 2.45) is 4.99 Å². The van der Waals surface area contributed by atoms with Crippen molar-refractivity contribution in [3.63, 3.8) is 0 Å². The molecule has 152 valence electrons. The average molecular weight is 385 g/mol. The fourth-order valence-corrected chi connectivity index (χ4v) is 3.33. The number of ether oxygens (including phenoxy) is 1. The van der Waals surface area contributed by atoms with Crippen LogP contribution in [0.5, 0.6) is 5.75 Å². The smallest absolute Gasteiger partial charge is 0.191 e. The Labute approximate surface area is 167 Å². The number of hydrogen-bond donors (Lipinski definition) is 2. The molecular formula is C21H32N6O. The minimum Gasteiger partial charge on any atom is -0.494 e. The Balaban J connectivity index is 1.40. The third kappa shape index (κ3) is 6.25. The monoisotopic (exact) mass is 384 g/mol. The predicted molar refractivity (Wildman–Crippen MR) is 112 cm³/mol. The minimum absolute atomic E-state index is 0.665. The molecule has 1 aromatic heterocycles. The average Bonchev–Trinajstić information content (AvgIpc) is 2.95. The fraction of sp³-hybridized carbons (Fsp3) is 0.571. The molecule has 2 heterocycles. The van der Waals surface area contributed by atoms with Crippen LogP contribution in [0.1, 0.15) is 44.3 Å². The summed E-state index contributed by atoms with van der Waals surface area (Å²) in [6.45, 7) is 6.15. The molecule has 0 fully saturated rings. The van der Waals surface area contributed by atoms with Crippen molar-refractivity contribution in [2.75, 3.05) is 26.2 Å². The van der Waals surface area contributed by atoms with Crippen molar-refractivity contribution in [1.29, 1.82) is 0 Å². The molecule has 0 atom stereocenters. The van der Waals surface area contributed by atoms with Crippen LogP contribution in [0, 0.1) is 0 Å². The summed E-state index contributed by atoms with van der Waals surface area (Å²) in [6, 6.07) is 9.90. The first kappa shape index (κ1) is 20.2. The first-order chi connectivity index (χ1) is 13.9. The van der Waals surface area contributed by atoms with Gasteiger partial charge < -0.3 is 19.9 Å². The highest BCUT2D eigenvalue weighted by atomic mass is 16.5. The molecule has 28 heavy (non-hydrogen) atoms. The van der Waals surface area contributed by atoms with Crippen molar-refractivity contribution in [1.82, 2.24) is 25.4 Å². The second-order valence-electron chi connectivity index (χ2n) is 6.95. The van der Waals surface area contributed by atoms with Crippen LogP contribution in [-0.4, -0.2) is 47.0 Å². The van der Waals surface area contributed by atoms with Crippen LogP contribution in [0.15, 0.2) is 35.3 Å². The summed E-state index contributed by atoms with van der Waals surface area (Å²) in [5.74, 6) is 3.98. The maximum absolute atomic E-state index is 5.71. The number of hydrogen-bond acceptors (Lipinski definition) is 4. The van der Waals surface area contributed by atoms with E-state index in [0.717, 1.165) is 68.8 Å². The molecule has 7 heteroatoms. The van der Waals surface area contributed by atoms with Crippen molar-refractivity contribution in [3.8, 4) is 5.75 Å². The predicted octanol–water partition coefficient (Wildman–Crippen LogP) is 2.57. The highest BCUT2D eigenvalue weighted by Gasteiger charge is 2.14. The van der Waals surface area contributed by atoms with Gasteiger partial charge in [0.15, 0.2) is 5.96 Å². The van der Waals surface area contributed by atoms with Gasteiger partial charge in [0.1, 0.15) is 17.4 Å². The zero-order valence-electron chi connectivity index (χ0n) is 16.9. The molecule has 0 amide bonds. The molecule has 3 rings (SSSR count). The first-order valence-electron chi connectivity index (χ1n) is 10.5. The topological polar surface area (TPSA) is 76.4 Å². The van der Waals surface area contributed by atoms with E-state index < -0.39 is 0 Å². The summed E-state index contributed by atoms with van der Waals surface area (Å²) in [7, 11) is 0. The summed E-state index contributed by atoms with van der Waals surface area (Å²) in [5.41, 5.74) is 0. The van der Waals surface area contributed by atoms with E-state index in [1.807, 2.05) is 30.3 Å². The van der Waals surface area contributed by atoms with Crippen LogP contribution in [0.4, 0.5) is 0 Å². The highest BCUT2D eigenvalue weighted by molar-refractivity contribution is 5.79. The van der Waals surface area contributed by atoms with E-state index in [1.165, 1.54) is 19.3 Å². The molecule has 1 aromatic carbocycles. The number of rotatable bonds is 9. The van der Waals surface area contributed by atoms with E-state index in [4.69, 9.17) is 4.74 Å². The third-order valence-corrected chi connectivity index (χ3v) is 4.76. The number of aliphatic imine (C=N–C) groups is 1. The Bertz CT molecular complexity index is 728. The second kappa shape index (κ2) is 11.3. The number of aromatic nitrogens is 3. The molecule has 0 bridgehead atoms. The van der Waals surface area contributed by atoms with Gasteiger partial charge in [0, 0.05) is 45.4 Å². The second-order valence-corrected chi connectivity index (χ2v) is 6.95. The molecule has 0 radical (unpaired) electrons. The number of nitrogens with zero attached hydrogens (tertiary/aromatic N) is 4. The lowest BCUT2D eigenvalue weighted by Gasteiger charge is -2.12. The number of benzene rings is 1. The number of guanidine groups is 1. The van der Waals surface area contributed by atoms with Gasteiger partial charge in [-0.05, 0) is 31.9 Å². The van der Waals surface area contributed by atoms with Crippen molar-refractivity contribution < 1.29 is 4.74 Å². The van der Waals surface area contributed by atoms with Crippen LogP contribution in [0.2, 0.25) is 0 Å². The minimum atomic E-state index is 0.665. The number of nitrogens with one attached hydrogen (secondary N) is 2. The Morgan fingerprint density at radius 3 is 2.89 bits per heavy atom. The lowest BCUT2D eigenvalue weighted by Crippen LogP contribution is -2.38. The van der Waals surface area contributed by atoms with Crippen molar-refractivity contribution in [3.05, 3.63) is 42.0 Å². The number of para-hydroxylation sites is 1. The van der Waals surface area contributed by atoms with Crippen LogP contribution < -0.4 is 15.4 Å². The molecule has 1 aliphatic heterocycles. The van der Waals surface area contributed by atoms with Gasteiger partial charge in [-0.1, -0.05) is 24.6 Å². The van der Waals surface area contributed by atoms with Gasteiger partial charge in [0.2, 0.25) is 0 Å². The summed E-state index contributed by atoms with van der Waals surface area (Å²) in [4.78, 5) is 4.64. The molecule has 2 N–H and O–H groups in total. The Kier molecular flexibility index (Phi) is 8.15. The van der Waals surface area contributed by atoms with E-state index in [9.17, 15) is 0 Å². The standard InChI is InChI=1S/C21H32N6O/c1-2-22-21(23-14-9-17-28-18-10-5-3-6-11-18)24-15-13-20-26-25-19-12-7-4-8-16-27(19)20/h3,5-6,10-11H,2,4,7-9,12-17H2,1H3,(H2,22,23,24). The van der Waals surface area contributed by atoms with Gasteiger partial charge >= 0.3 is 0 Å². The van der Waals surface area contributed by atoms with Crippen LogP contribution in [0.25, 0.3) is 0 Å². The largest absolute Gasteiger partial charge is 0.494 e. The summed E-state index contributed by atoms with van der Waals surface area (Å²) in [6.07, 6.45) is 6.52. The zero-order valence-corrected chi connectivity index (χ0v) is 16.9. The zero-order chi connectivity index (χ0) is 19.4. The molecule has 0 spiro atoms. The third-order valence-electron chi connectivity index (χ3n) is 4.76. The first-order valence-corrected chi connectivity index (χ1v) is 10.5. The van der Waals surface area contributed by atoms with Gasteiger partial charge in [0.25, 0.3) is 0 Å². The van der Waals surface area contributed by atoms with Gasteiger partial charge in [0.05, 0.1) is 6.61 Å². The summed E-state index contributed by atoms with van der Waals surface area (Å²) < 4.78 is 8.02. The maximum atomic E-state index is 5.71. The molecule has 0 unspecified atom stereocenters. The van der Waals surface area contributed by atoms with Crippen molar-refractivity contribution >= 4 is 5.96 Å². The Hall–Kier alpha value is -2.57. The molecule has 2 aromatic rings. The van der Waals surface area contributed by atoms with E-state index in [0.29, 0.717) is 6.61 Å². The number of aryl methyl sites for hydroxylation is 1. The van der Waals surface area contributed by atoms with Crippen LogP contribution in [0.3, 0.4) is 0 Å². The lowest BCUT2D eigenvalue weighted by molar-refractivity contribution is 0.313. The normalized spacial score (nSPS) is 14.2. The Morgan fingerprint density at radius 2 is 2.04 bits per heavy atom. The van der Waals surface area contributed by atoms with Crippen LogP contribution >= 0.6 is 0 Å². The highest BCUT2D eigenvalue weighted by Crippen LogP contribution is 2.14. The molecular weight excluding hydrogens is 352 g/mol. The van der Waals surface area contributed by atoms with Gasteiger partial charge in [-0.3, -0.25) is 4.99 Å². The van der Waals surface area contributed by atoms with E-state index in [1.54, 1.807) is 0 Å². The van der Waals surface area contributed by atoms with E-state index >= 15 is 0 Å². The molecule has 0 saturated carbocycles. The molecule has 7 nitrogen and oxygen atoms in total. The number of fused-ring (bicyclic) bond motifs is 1.